The average Bonchev–Trinajstić information content (AvgIpc) is 2.47. The number of piperazine rings is 1. The van der Waals surface area contributed by atoms with Gasteiger partial charge in [0.2, 0.25) is 11.8 Å². The van der Waals surface area contributed by atoms with E-state index in [1.165, 1.54) is 0 Å². The van der Waals surface area contributed by atoms with Crippen molar-refractivity contribution >= 4 is 40.0 Å². The second kappa shape index (κ2) is 5.67. The van der Waals surface area contributed by atoms with Crippen LogP contribution in [0.1, 0.15) is 0 Å². The first kappa shape index (κ1) is 13.8. The van der Waals surface area contributed by atoms with Crippen molar-refractivity contribution in [1.82, 2.24) is 15.6 Å². The molecule has 2 amide bonds. The summed E-state index contributed by atoms with van der Waals surface area (Å²) in [7, 11) is 0. The maximum Gasteiger partial charge on any atom is 0.243 e. The summed E-state index contributed by atoms with van der Waals surface area (Å²) < 4.78 is 0. The number of nitrogens with zero attached hydrogens (tertiary/aromatic N) is 1. The van der Waals surface area contributed by atoms with Gasteiger partial charge in [-0.15, -0.1) is 0 Å². The fraction of sp³-hybridized carbons (Fsp3) is 0.214. The number of nitrogens with one attached hydrogen (secondary N) is 3. The Morgan fingerprint density at radius 3 is 3.05 bits per heavy atom. The van der Waals surface area contributed by atoms with Crippen LogP contribution in [0.4, 0.5) is 5.69 Å². The smallest absolute Gasteiger partial charge is 0.243 e. The summed E-state index contributed by atoms with van der Waals surface area (Å²) in [6.07, 6.45) is 1.66. The Morgan fingerprint density at radius 2 is 2.29 bits per heavy atom. The van der Waals surface area contributed by atoms with E-state index < -0.39 is 6.04 Å². The highest BCUT2D eigenvalue weighted by Gasteiger charge is 2.24. The number of hydrogen-bond donors (Lipinski definition) is 3. The van der Waals surface area contributed by atoms with Crippen molar-refractivity contribution in [1.29, 1.82) is 0 Å². The summed E-state index contributed by atoms with van der Waals surface area (Å²) in [5, 5.41) is 9.70. The molecular weight excluding hydrogens is 292 g/mol. The number of rotatable bonds is 2. The van der Waals surface area contributed by atoms with Crippen LogP contribution >= 0.6 is 11.6 Å². The molecule has 3 rings (SSSR count). The maximum absolute atomic E-state index is 12.2. The largest absolute Gasteiger partial charge is 0.353 e. The quantitative estimate of drug-likeness (QED) is 0.770. The Labute approximate surface area is 125 Å². The summed E-state index contributed by atoms with van der Waals surface area (Å²) in [4.78, 5) is 27.6. The molecule has 0 saturated carbocycles. The van der Waals surface area contributed by atoms with Crippen molar-refractivity contribution in [3.8, 4) is 0 Å². The fourth-order valence-corrected chi connectivity index (χ4v) is 2.45. The number of halogens is 1. The third kappa shape index (κ3) is 2.96. The third-order valence-electron chi connectivity index (χ3n) is 3.26. The van der Waals surface area contributed by atoms with Crippen molar-refractivity contribution in [3.63, 3.8) is 0 Å². The first-order chi connectivity index (χ1) is 10.1. The zero-order chi connectivity index (χ0) is 14.8. The molecule has 1 aromatic heterocycles. The summed E-state index contributed by atoms with van der Waals surface area (Å²) in [5.74, 6) is -0.349. The van der Waals surface area contributed by atoms with E-state index in [9.17, 15) is 9.59 Å². The number of carbonyl (C=O) groups excluding carboxylic acids is 2. The van der Waals surface area contributed by atoms with Crippen LogP contribution in [0.25, 0.3) is 10.9 Å². The van der Waals surface area contributed by atoms with Crippen LogP contribution in [0.2, 0.25) is 5.02 Å². The molecule has 1 aliphatic rings. The third-order valence-corrected chi connectivity index (χ3v) is 3.47. The highest BCUT2D eigenvalue weighted by atomic mass is 35.5. The zero-order valence-electron chi connectivity index (χ0n) is 11.0. The topological polar surface area (TPSA) is 83.1 Å². The van der Waals surface area contributed by atoms with Gasteiger partial charge >= 0.3 is 0 Å². The van der Waals surface area contributed by atoms with Gasteiger partial charge in [-0.3, -0.25) is 19.9 Å². The predicted molar refractivity (Wildman–Crippen MR) is 80.2 cm³/mol. The molecule has 7 heteroatoms. The van der Waals surface area contributed by atoms with E-state index in [0.29, 0.717) is 16.2 Å². The fourth-order valence-electron chi connectivity index (χ4n) is 2.22. The average molecular weight is 305 g/mol. The minimum Gasteiger partial charge on any atom is -0.353 e. The van der Waals surface area contributed by atoms with Gasteiger partial charge in [0.15, 0.2) is 0 Å². The predicted octanol–water partition coefficient (Wildman–Crippen LogP) is 0.915. The molecule has 1 aromatic carbocycles. The van der Waals surface area contributed by atoms with E-state index >= 15 is 0 Å². The minimum absolute atomic E-state index is 0.117. The van der Waals surface area contributed by atoms with Gasteiger partial charge in [-0.2, -0.15) is 0 Å². The van der Waals surface area contributed by atoms with Crippen molar-refractivity contribution < 1.29 is 9.59 Å². The number of fused-ring (bicyclic) bond motifs is 1. The van der Waals surface area contributed by atoms with Crippen LogP contribution in [0.15, 0.2) is 30.5 Å². The molecule has 0 bridgehead atoms. The monoisotopic (exact) mass is 304 g/mol. The van der Waals surface area contributed by atoms with E-state index in [-0.39, 0.29) is 24.9 Å². The Balaban J connectivity index is 1.84. The van der Waals surface area contributed by atoms with Crippen molar-refractivity contribution in [2.75, 3.05) is 18.4 Å². The van der Waals surface area contributed by atoms with Crippen LogP contribution in [0.3, 0.4) is 0 Å². The molecule has 2 heterocycles. The van der Waals surface area contributed by atoms with Crippen LogP contribution in [0, 0.1) is 0 Å². The van der Waals surface area contributed by atoms with Gasteiger partial charge in [0.25, 0.3) is 0 Å². The molecule has 0 aliphatic carbocycles. The summed E-state index contributed by atoms with van der Waals surface area (Å²) >= 11 is 6.06. The Hall–Kier alpha value is -2.18. The Kier molecular flexibility index (Phi) is 3.72. The van der Waals surface area contributed by atoms with Gasteiger partial charge in [0, 0.05) is 23.2 Å². The van der Waals surface area contributed by atoms with E-state index in [4.69, 9.17) is 11.6 Å². The molecule has 1 atom stereocenters. The molecule has 21 heavy (non-hydrogen) atoms. The summed E-state index contributed by atoms with van der Waals surface area (Å²) in [5.41, 5.74) is 1.23. The molecular formula is C14H13ClN4O2. The lowest BCUT2D eigenvalue weighted by atomic mass is 10.1. The highest BCUT2D eigenvalue weighted by Crippen LogP contribution is 2.26. The Morgan fingerprint density at radius 1 is 1.43 bits per heavy atom. The minimum atomic E-state index is -0.472. The maximum atomic E-state index is 12.2. The van der Waals surface area contributed by atoms with Crippen LogP contribution < -0.4 is 16.0 Å². The van der Waals surface area contributed by atoms with Crippen molar-refractivity contribution in [2.24, 2.45) is 0 Å². The molecule has 1 aliphatic heterocycles. The number of carbonyl (C=O) groups is 2. The summed E-state index contributed by atoms with van der Waals surface area (Å²) in [6, 6.07) is 6.67. The lowest BCUT2D eigenvalue weighted by molar-refractivity contribution is -0.124. The van der Waals surface area contributed by atoms with Crippen molar-refractivity contribution in [3.05, 3.63) is 35.5 Å². The van der Waals surface area contributed by atoms with E-state index in [1.54, 1.807) is 18.3 Å². The van der Waals surface area contributed by atoms with Crippen LogP contribution in [-0.2, 0) is 9.59 Å². The molecule has 2 aromatic rings. The SMILES string of the molecule is O=C1CNC(C(=O)Nc2cc(Cl)cc3cccnc23)CN1. The molecule has 0 radical (unpaired) electrons. The number of anilines is 1. The molecule has 1 saturated heterocycles. The number of aromatic nitrogens is 1. The van der Waals surface area contributed by atoms with Gasteiger partial charge < -0.3 is 10.6 Å². The van der Waals surface area contributed by atoms with Gasteiger partial charge in [0.05, 0.1) is 17.7 Å². The zero-order valence-corrected chi connectivity index (χ0v) is 11.8. The van der Waals surface area contributed by atoms with E-state index in [1.807, 2.05) is 12.1 Å². The van der Waals surface area contributed by atoms with Crippen LogP contribution in [0.5, 0.6) is 0 Å². The first-order valence-electron chi connectivity index (χ1n) is 6.49. The molecule has 1 fully saturated rings. The second-order valence-electron chi connectivity index (χ2n) is 4.76. The molecule has 1 unspecified atom stereocenters. The highest BCUT2D eigenvalue weighted by molar-refractivity contribution is 6.32. The molecule has 0 spiro atoms. The lowest BCUT2D eigenvalue weighted by Gasteiger charge is -2.23. The number of pyridine rings is 1. The number of hydrogen-bond acceptors (Lipinski definition) is 4. The number of amides is 2. The Bertz CT molecular complexity index is 709. The summed E-state index contributed by atoms with van der Waals surface area (Å²) in [6.45, 7) is 0.392. The first-order valence-corrected chi connectivity index (χ1v) is 6.86. The normalized spacial score (nSPS) is 18.3. The number of benzene rings is 1. The molecule has 3 N–H and O–H groups in total. The second-order valence-corrected chi connectivity index (χ2v) is 5.19. The van der Waals surface area contributed by atoms with Gasteiger partial charge in [-0.25, -0.2) is 0 Å². The van der Waals surface area contributed by atoms with Crippen LogP contribution in [-0.4, -0.2) is 35.9 Å². The molecule has 108 valence electrons. The lowest BCUT2D eigenvalue weighted by Crippen LogP contribution is -2.56. The van der Waals surface area contributed by atoms with Crippen molar-refractivity contribution in [2.45, 2.75) is 6.04 Å². The molecule has 6 nitrogen and oxygen atoms in total. The van der Waals surface area contributed by atoms with E-state index in [0.717, 1.165) is 5.39 Å². The standard InChI is InChI=1S/C14H13ClN4O2/c15-9-4-8-2-1-3-16-13(8)10(5-9)19-14(21)11-6-18-12(20)7-17-11/h1-5,11,17H,6-7H2,(H,18,20)(H,19,21). The van der Waals surface area contributed by atoms with E-state index in [2.05, 4.69) is 20.9 Å². The van der Waals surface area contributed by atoms with Gasteiger partial charge in [-0.05, 0) is 18.2 Å². The van der Waals surface area contributed by atoms with Gasteiger partial charge in [-0.1, -0.05) is 17.7 Å². The van der Waals surface area contributed by atoms with Gasteiger partial charge in [0.1, 0.15) is 6.04 Å².